The number of carbonyl (C=O) groups excluding carboxylic acids is 1. The molecule has 0 aliphatic rings. The van der Waals surface area contributed by atoms with E-state index in [0.717, 1.165) is 6.42 Å². The van der Waals surface area contributed by atoms with Crippen molar-refractivity contribution in [2.24, 2.45) is 5.92 Å². The number of nitrogen functional groups attached to an aromatic ring is 1. The second-order valence-electron chi connectivity index (χ2n) is 4.31. The van der Waals surface area contributed by atoms with Crippen LogP contribution in [0.3, 0.4) is 0 Å². The van der Waals surface area contributed by atoms with Gasteiger partial charge in [-0.05, 0) is 34.0 Å². The standard InChI is InChI=1S/C14H16BrNO2/c1-9(2)5-4-6-10-7-11(14(17)18-3)8-12(15)13(10)16/h7-9H,5,16H2,1-3H3. The van der Waals surface area contributed by atoms with Gasteiger partial charge in [-0.2, -0.15) is 0 Å². The molecule has 0 saturated heterocycles. The zero-order valence-corrected chi connectivity index (χ0v) is 12.3. The smallest absolute Gasteiger partial charge is 0.337 e. The Morgan fingerprint density at radius 3 is 2.72 bits per heavy atom. The Morgan fingerprint density at radius 1 is 1.50 bits per heavy atom. The van der Waals surface area contributed by atoms with Crippen LogP contribution in [-0.2, 0) is 4.74 Å². The van der Waals surface area contributed by atoms with Crippen LogP contribution in [0.1, 0.15) is 36.2 Å². The number of anilines is 1. The van der Waals surface area contributed by atoms with Crippen LogP contribution in [0.15, 0.2) is 16.6 Å². The van der Waals surface area contributed by atoms with E-state index in [4.69, 9.17) is 5.73 Å². The Kier molecular flexibility index (Phi) is 5.24. The summed E-state index contributed by atoms with van der Waals surface area (Å²) in [6, 6.07) is 3.29. The average molecular weight is 310 g/mol. The van der Waals surface area contributed by atoms with Crippen LogP contribution in [0.4, 0.5) is 5.69 Å². The van der Waals surface area contributed by atoms with Gasteiger partial charge in [0.2, 0.25) is 0 Å². The van der Waals surface area contributed by atoms with Crippen LogP contribution in [0.2, 0.25) is 0 Å². The number of methoxy groups -OCH3 is 1. The molecule has 3 nitrogen and oxygen atoms in total. The van der Waals surface area contributed by atoms with Crippen LogP contribution >= 0.6 is 15.9 Å². The van der Waals surface area contributed by atoms with Crippen LogP contribution < -0.4 is 5.73 Å². The second-order valence-corrected chi connectivity index (χ2v) is 5.16. The fourth-order valence-electron chi connectivity index (χ4n) is 1.31. The van der Waals surface area contributed by atoms with Crippen molar-refractivity contribution in [1.29, 1.82) is 0 Å². The Balaban J connectivity index is 3.13. The third-order valence-electron chi connectivity index (χ3n) is 2.28. The number of hydrogen-bond acceptors (Lipinski definition) is 3. The number of nitrogens with two attached hydrogens (primary N) is 1. The van der Waals surface area contributed by atoms with Crippen LogP contribution in [-0.4, -0.2) is 13.1 Å². The van der Waals surface area contributed by atoms with Gasteiger partial charge in [-0.25, -0.2) is 4.79 Å². The Labute approximate surface area is 116 Å². The zero-order valence-electron chi connectivity index (χ0n) is 10.7. The summed E-state index contributed by atoms with van der Waals surface area (Å²) < 4.78 is 5.33. The van der Waals surface area contributed by atoms with E-state index < -0.39 is 5.97 Å². The lowest BCUT2D eigenvalue weighted by Crippen LogP contribution is -2.03. The molecule has 2 N–H and O–H groups in total. The molecule has 0 amide bonds. The predicted molar refractivity (Wildman–Crippen MR) is 76.2 cm³/mol. The highest BCUT2D eigenvalue weighted by Gasteiger charge is 2.10. The molecule has 0 unspecified atom stereocenters. The molecule has 0 fully saturated rings. The number of esters is 1. The minimum absolute atomic E-state index is 0.400. The zero-order chi connectivity index (χ0) is 13.7. The Bertz CT molecular complexity index is 513. The fourth-order valence-corrected chi connectivity index (χ4v) is 1.77. The van der Waals surface area contributed by atoms with E-state index in [0.29, 0.717) is 27.2 Å². The van der Waals surface area contributed by atoms with E-state index in [9.17, 15) is 4.79 Å². The Morgan fingerprint density at radius 2 is 2.17 bits per heavy atom. The summed E-state index contributed by atoms with van der Waals surface area (Å²) in [5.41, 5.74) is 7.53. The summed E-state index contributed by atoms with van der Waals surface area (Å²) in [6.45, 7) is 4.19. The monoisotopic (exact) mass is 309 g/mol. The van der Waals surface area contributed by atoms with Gasteiger partial charge in [0.05, 0.1) is 18.4 Å². The van der Waals surface area contributed by atoms with Gasteiger partial charge in [0.1, 0.15) is 0 Å². The quantitative estimate of drug-likeness (QED) is 0.518. The van der Waals surface area contributed by atoms with E-state index in [1.165, 1.54) is 7.11 Å². The van der Waals surface area contributed by atoms with Crippen LogP contribution in [0, 0.1) is 17.8 Å². The van der Waals surface area contributed by atoms with Crippen molar-refractivity contribution in [3.05, 3.63) is 27.7 Å². The summed E-state index contributed by atoms with van der Waals surface area (Å²) in [6.07, 6.45) is 0.791. The van der Waals surface area contributed by atoms with Crippen LogP contribution in [0.25, 0.3) is 0 Å². The van der Waals surface area contributed by atoms with Crippen molar-refractivity contribution < 1.29 is 9.53 Å². The third-order valence-corrected chi connectivity index (χ3v) is 2.94. The van der Waals surface area contributed by atoms with Gasteiger partial charge < -0.3 is 10.5 Å². The first kappa shape index (κ1) is 14.6. The van der Waals surface area contributed by atoms with Gasteiger partial charge in [0, 0.05) is 16.5 Å². The highest BCUT2D eigenvalue weighted by atomic mass is 79.9. The van der Waals surface area contributed by atoms with E-state index in [1.807, 2.05) is 0 Å². The lowest BCUT2D eigenvalue weighted by Gasteiger charge is -2.05. The van der Waals surface area contributed by atoms with Crippen molar-refractivity contribution in [3.8, 4) is 11.8 Å². The molecular formula is C14H16BrNO2. The summed E-state index contributed by atoms with van der Waals surface area (Å²) in [5, 5.41) is 0. The molecule has 0 atom stereocenters. The largest absolute Gasteiger partial charge is 0.465 e. The fraction of sp³-hybridized carbons (Fsp3) is 0.357. The first-order chi connectivity index (χ1) is 8.45. The maximum Gasteiger partial charge on any atom is 0.337 e. The van der Waals surface area contributed by atoms with Gasteiger partial charge in [0.15, 0.2) is 0 Å². The summed E-state index contributed by atoms with van der Waals surface area (Å²) in [7, 11) is 1.34. The van der Waals surface area contributed by atoms with E-state index in [-0.39, 0.29) is 0 Å². The molecule has 1 aromatic carbocycles. The SMILES string of the molecule is COC(=O)c1cc(Br)c(N)c(C#CCC(C)C)c1. The number of benzene rings is 1. The molecule has 0 heterocycles. The number of ether oxygens (including phenoxy) is 1. The van der Waals surface area contributed by atoms with E-state index >= 15 is 0 Å². The second kappa shape index (κ2) is 6.46. The number of rotatable bonds is 2. The van der Waals surface area contributed by atoms with Crippen LogP contribution in [0.5, 0.6) is 0 Å². The minimum Gasteiger partial charge on any atom is -0.465 e. The van der Waals surface area contributed by atoms with Gasteiger partial charge >= 0.3 is 5.97 Å². The third kappa shape index (κ3) is 3.78. The maximum absolute atomic E-state index is 11.5. The van der Waals surface area contributed by atoms with Crippen molar-refractivity contribution in [2.45, 2.75) is 20.3 Å². The first-order valence-electron chi connectivity index (χ1n) is 5.62. The lowest BCUT2D eigenvalue weighted by molar-refractivity contribution is 0.0600. The summed E-state index contributed by atoms with van der Waals surface area (Å²) in [4.78, 5) is 11.5. The van der Waals surface area contributed by atoms with Crippen molar-refractivity contribution in [1.82, 2.24) is 0 Å². The number of hydrogen-bond donors (Lipinski definition) is 1. The first-order valence-corrected chi connectivity index (χ1v) is 6.41. The van der Waals surface area contributed by atoms with Gasteiger partial charge in [-0.3, -0.25) is 0 Å². The average Bonchev–Trinajstić information content (AvgIpc) is 2.32. The molecule has 0 radical (unpaired) electrons. The lowest BCUT2D eigenvalue weighted by atomic mass is 10.1. The van der Waals surface area contributed by atoms with Gasteiger partial charge in [0.25, 0.3) is 0 Å². The Hall–Kier alpha value is -1.47. The van der Waals surface area contributed by atoms with Crippen molar-refractivity contribution in [3.63, 3.8) is 0 Å². The predicted octanol–water partition coefficient (Wildman–Crippen LogP) is 3.22. The molecule has 0 aromatic heterocycles. The molecular weight excluding hydrogens is 294 g/mol. The molecule has 0 saturated carbocycles. The summed E-state index contributed by atoms with van der Waals surface area (Å²) >= 11 is 3.31. The molecule has 96 valence electrons. The molecule has 0 bridgehead atoms. The molecule has 1 aromatic rings. The number of carbonyl (C=O) groups is 1. The van der Waals surface area contributed by atoms with Gasteiger partial charge in [-0.15, -0.1) is 0 Å². The van der Waals surface area contributed by atoms with Crippen molar-refractivity contribution in [2.75, 3.05) is 12.8 Å². The molecule has 1 rings (SSSR count). The highest BCUT2D eigenvalue weighted by Crippen LogP contribution is 2.25. The van der Waals surface area contributed by atoms with Gasteiger partial charge in [-0.1, -0.05) is 25.7 Å². The molecule has 0 spiro atoms. The van der Waals surface area contributed by atoms with E-state index in [1.54, 1.807) is 12.1 Å². The van der Waals surface area contributed by atoms with Crippen molar-refractivity contribution >= 4 is 27.6 Å². The van der Waals surface area contributed by atoms with E-state index in [2.05, 4.69) is 46.4 Å². The summed E-state index contributed by atoms with van der Waals surface area (Å²) in [5.74, 6) is 6.15. The molecule has 18 heavy (non-hydrogen) atoms. The minimum atomic E-state index is -0.400. The topological polar surface area (TPSA) is 52.3 Å². The molecule has 0 aliphatic carbocycles. The molecule has 0 aliphatic heterocycles. The maximum atomic E-state index is 11.5. The molecule has 4 heteroatoms. The normalized spacial score (nSPS) is 9.83. The highest BCUT2D eigenvalue weighted by molar-refractivity contribution is 9.10. The number of halogens is 1.